The lowest BCUT2D eigenvalue weighted by Gasteiger charge is -2.14. The lowest BCUT2D eigenvalue weighted by Crippen LogP contribution is -2.11. The molecule has 0 aliphatic heterocycles. The molecule has 0 radical (unpaired) electrons. The molecule has 12 heavy (non-hydrogen) atoms. The van der Waals surface area contributed by atoms with Crippen LogP contribution in [0.2, 0.25) is 0 Å². The van der Waals surface area contributed by atoms with Gasteiger partial charge in [0, 0.05) is 28.8 Å². The summed E-state index contributed by atoms with van der Waals surface area (Å²) in [5.41, 5.74) is 0.226. The maximum absolute atomic E-state index is 10.4. The number of nitrogens with zero attached hydrogens (tertiary/aromatic N) is 1. The SMILES string of the molecule is O=[N+]([O-])C1=CC=C(Br)C(CCl)C1. The first kappa shape index (κ1) is 9.74. The second-order valence-electron chi connectivity index (χ2n) is 2.52. The number of allylic oxidation sites excluding steroid dienone is 4. The van der Waals surface area contributed by atoms with E-state index < -0.39 is 0 Å². The fraction of sp³-hybridized carbons (Fsp3) is 0.429. The lowest BCUT2D eigenvalue weighted by molar-refractivity contribution is -0.428. The van der Waals surface area contributed by atoms with E-state index in [2.05, 4.69) is 15.9 Å². The molecule has 0 aromatic rings. The Morgan fingerprint density at radius 1 is 1.75 bits per heavy atom. The summed E-state index contributed by atoms with van der Waals surface area (Å²) in [6, 6.07) is 0. The minimum Gasteiger partial charge on any atom is -0.259 e. The van der Waals surface area contributed by atoms with E-state index in [1.807, 2.05) is 0 Å². The van der Waals surface area contributed by atoms with E-state index in [1.54, 1.807) is 6.08 Å². The van der Waals surface area contributed by atoms with Gasteiger partial charge in [0.25, 0.3) is 0 Å². The van der Waals surface area contributed by atoms with Gasteiger partial charge in [-0.2, -0.15) is 0 Å². The Balaban J connectivity index is 2.79. The summed E-state index contributed by atoms with van der Waals surface area (Å²) in [6.45, 7) is 0. The third-order valence-corrected chi connectivity index (χ3v) is 2.99. The molecule has 1 aliphatic carbocycles. The van der Waals surface area contributed by atoms with Crippen molar-refractivity contribution in [1.29, 1.82) is 0 Å². The molecule has 5 heteroatoms. The summed E-state index contributed by atoms with van der Waals surface area (Å²) in [7, 11) is 0. The van der Waals surface area contributed by atoms with E-state index in [-0.39, 0.29) is 16.5 Å². The monoisotopic (exact) mass is 251 g/mol. The first-order valence-corrected chi connectivity index (χ1v) is 4.74. The maximum Gasteiger partial charge on any atom is 0.246 e. The summed E-state index contributed by atoms with van der Waals surface area (Å²) in [6.07, 6.45) is 3.61. The van der Waals surface area contributed by atoms with Crippen molar-refractivity contribution in [2.24, 2.45) is 5.92 Å². The van der Waals surface area contributed by atoms with Crippen molar-refractivity contribution < 1.29 is 4.92 Å². The summed E-state index contributed by atoms with van der Waals surface area (Å²) >= 11 is 8.93. The van der Waals surface area contributed by atoms with Crippen LogP contribution < -0.4 is 0 Å². The third-order valence-electron chi connectivity index (χ3n) is 1.70. The molecule has 0 saturated heterocycles. The molecule has 0 aromatic carbocycles. The number of rotatable bonds is 2. The average Bonchev–Trinajstić information content (AvgIpc) is 2.05. The molecule has 1 unspecified atom stereocenters. The molecule has 3 nitrogen and oxygen atoms in total. The molecule has 0 amide bonds. The Morgan fingerprint density at radius 2 is 2.42 bits per heavy atom. The molecule has 0 spiro atoms. The van der Waals surface area contributed by atoms with Gasteiger partial charge in [0.15, 0.2) is 0 Å². The zero-order valence-corrected chi connectivity index (χ0v) is 8.51. The van der Waals surface area contributed by atoms with Crippen LogP contribution in [-0.2, 0) is 0 Å². The first-order chi connectivity index (χ1) is 5.65. The van der Waals surface area contributed by atoms with Gasteiger partial charge in [-0.05, 0) is 6.08 Å². The normalized spacial score (nSPS) is 23.0. The Labute approximate surface area is 83.4 Å². The van der Waals surface area contributed by atoms with Crippen LogP contribution in [0.25, 0.3) is 0 Å². The van der Waals surface area contributed by atoms with Crippen LogP contribution in [0.5, 0.6) is 0 Å². The Bertz CT molecular complexity index is 262. The van der Waals surface area contributed by atoms with Gasteiger partial charge < -0.3 is 0 Å². The Morgan fingerprint density at radius 3 is 2.92 bits per heavy atom. The molecule has 1 aliphatic rings. The van der Waals surface area contributed by atoms with Crippen LogP contribution in [-0.4, -0.2) is 10.8 Å². The molecule has 1 atom stereocenters. The van der Waals surface area contributed by atoms with Gasteiger partial charge >= 0.3 is 0 Å². The third kappa shape index (κ3) is 2.08. The van der Waals surface area contributed by atoms with Crippen LogP contribution in [0.3, 0.4) is 0 Å². The predicted molar refractivity (Wildman–Crippen MR) is 50.9 cm³/mol. The van der Waals surface area contributed by atoms with Crippen LogP contribution in [0.4, 0.5) is 0 Å². The van der Waals surface area contributed by atoms with E-state index in [4.69, 9.17) is 11.6 Å². The standard InChI is InChI=1S/C7H7BrClNO2/c8-7-2-1-6(10(11)12)3-5(7)4-9/h1-2,5H,3-4H2. The van der Waals surface area contributed by atoms with Gasteiger partial charge in [0.2, 0.25) is 5.70 Å². The maximum atomic E-state index is 10.4. The van der Waals surface area contributed by atoms with E-state index in [0.29, 0.717) is 12.3 Å². The van der Waals surface area contributed by atoms with Crippen LogP contribution in [0.1, 0.15) is 6.42 Å². The van der Waals surface area contributed by atoms with Crippen molar-refractivity contribution in [3.8, 4) is 0 Å². The highest BCUT2D eigenvalue weighted by Gasteiger charge is 2.23. The Kier molecular flexibility index (Phi) is 3.29. The quantitative estimate of drug-likeness (QED) is 0.431. The smallest absolute Gasteiger partial charge is 0.246 e. The van der Waals surface area contributed by atoms with Gasteiger partial charge in [0.05, 0.1) is 4.92 Å². The fourth-order valence-electron chi connectivity index (χ4n) is 0.994. The van der Waals surface area contributed by atoms with Crippen molar-refractivity contribution in [3.63, 3.8) is 0 Å². The fourth-order valence-corrected chi connectivity index (χ4v) is 1.91. The van der Waals surface area contributed by atoms with Crippen LogP contribution in [0.15, 0.2) is 22.3 Å². The Hall–Kier alpha value is -0.350. The zero-order chi connectivity index (χ0) is 9.14. The molecule has 1 rings (SSSR count). The average molecular weight is 252 g/mol. The van der Waals surface area contributed by atoms with Crippen molar-refractivity contribution in [2.45, 2.75) is 6.42 Å². The highest BCUT2D eigenvalue weighted by molar-refractivity contribution is 9.11. The van der Waals surface area contributed by atoms with E-state index in [0.717, 1.165) is 4.48 Å². The van der Waals surface area contributed by atoms with E-state index in [9.17, 15) is 10.1 Å². The summed E-state index contributed by atoms with van der Waals surface area (Å²) < 4.78 is 0.933. The minimum atomic E-state index is -0.366. The molecular formula is C7H7BrClNO2. The van der Waals surface area contributed by atoms with Crippen LogP contribution in [0, 0.1) is 16.0 Å². The minimum absolute atomic E-state index is 0.0528. The molecule has 66 valence electrons. The van der Waals surface area contributed by atoms with Gasteiger partial charge in [-0.25, -0.2) is 0 Å². The van der Waals surface area contributed by atoms with Gasteiger partial charge in [-0.15, -0.1) is 11.6 Å². The van der Waals surface area contributed by atoms with E-state index in [1.165, 1.54) is 6.08 Å². The van der Waals surface area contributed by atoms with Gasteiger partial charge in [0.1, 0.15) is 0 Å². The first-order valence-electron chi connectivity index (χ1n) is 3.41. The number of hydrogen-bond acceptors (Lipinski definition) is 2. The lowest BCUT2D eigenvalue weighted by atomic mass is 10.0. The molecule has 0 bridgehead atoms. The second kappa shape index (κ2) is 4.05. The van der Waals surface area contributed by atoms with Crippen molar-refractivity contribution in [3.05, 3.63) is 32.4 Å². The molecule has 0 N–H and O–H groups in total. The summed E-state index contributed by atoms with van der Waals surface area (Å²) in [4.78, 5) is 10.0. The zero-order valence-electron chi connectivity index (χ0n) is 6.17. The second-order valence-corrected chi connectivity index (χ2v) is 3.75. The molecule has 0 fully saturated rings. The number of nitro groups is 1. The van der Waals surface area contributed by atoms with Gasteiger partial charge in [-0.3, -0.25) is 10.1 Å². The van der Waals surface area contributed by atoms with Gasteiger partial charge in [-0.1, -0.05) is 15.9 Å². The topological polar surface area (TPSA) is 43.1 Å². The molecule has 0 aromatic heterocycles. The summed E-state index contributed by atoms with van der Waals surface area (Å²) in [5, 5.41) is 10.4. The van der Waals surface area contributed by atoms with Crippen LogP contribution >= 0.6 is 27.5 Å². The van der Waals surface area contributed by atoms with E-state index >= 15 is 0 Å². The summed E-state index contributed by atoms with van der Waals surface area (Å²) in [5.74, 6) is 0.458. The highest BCUT2D eigenvalue weighted by atomic mass is 79.9. The number of alkyl halides is 1. The number of halogens is 2. The number of hydrogen-bond donors (Lipinski definition) is 0. The van der Waals surface area contributed by atoms with Crippen molar-refractivity contribution in [2.75, 3.05) is 5.88 Å². The molecular weight excluding hydrogens is 245 g/mol. The predicted octanol–water partition coefficient (Wildman–Crippen LogP) is 2.68. The molecule has 0 saturated carbocycles. The largest absolute Gasteiger partial charge is 0.259 e. The van der Waals surface area contributed by atoms with Crippen molar-refractivity contribution >= 4 is 27.5 Å². The highest BCUT2D eigenvalue weighted by Crippen LogP contribution is 2.30. The molecule has 0 heterocycles. The van der Waals surface area contributed by atoms with Crippen molar-refractivity contribution in [1.82, 2.24) is 0 Å².